The molecule has 1 aliphatic heterocycles. The van der Waals surface area contributed by atoms with Crippen LogP contribution in [0.4, 0.5) is 5.69 Å². The quantitative estimate of drug-likeness (QED) is 0.679. The van der Waals surface area contributed by atoms with Crippen molar-refractivity contribution < 1.29 is 19.1 Å². The van der Waals surface area contributed by atoms with E-state index in [1.54, 1.807) is 41.3 Å². The number of hydrogen-bond donors (Lipinski definition) is 0. The Balaban J connectivity index is 2.00. The summed E-state index contributed by atoms with van der Waals surface area (Å²) in [5, 5.41) is 0. The van der Waals surface area contributed by atoms with E-state index in [9.17, 15) is 14.4 Å². The average molecular weight is 408 g/mol. The number of carbonyl (C=O) groups excluding carboxylic acids is 3. The molecule has 158 valence electrons. The molecule has 1 saturated heterocycles. The van der Waals surface area contributed by atoms with Crippen molar-refractivity contribution in [2.24, 2.45) is 0 Å². The summed E-state index contributed by atoms with van der Waals surface area (Å²) in [6.45, 7) is 7.73. The fourth-order valence-electron chi connectivity index (χ4n) is 3.69. The first-order valence-corrected chi connectivity index (χ1v) is 10.1. The molecule has 3 amide bonds. The van der Waals surface area contributed by atoms with Gasteiger partial charge in [0.1, 0.15) is 11.8 Å². The van der Waals surface area contributed by atoms with E-state index < -0.39 is 11.6 Å². The number of ether oxygens (including phenoxy) is 1. The minimum Gasteiger partial charge on any atom is -0.497 e. The highest BCUT2D eigenvalue weighted by Gasteiger charge is 2.48. The molecule has 30 heavy (non-hydrogen) atoms. The maximum Gasteiger partial charge on any atom is 0.257 e. The normalized spacial score (nSPS) is 16.7. The van der Waals surface area contributed by atoms with Crippen molar-refractivity contribution in [3.05, 3.63) is 59.7 Å². The second-order valence-electron chi connectivity index (χ2n) is 8.20. The molecule has 0 aliphatic carbocycles. The highest BCUT2D eigenvalue weighted by atomic mass is 16.5. The summed E-state index contributed by atoms with van der Waals surface area (Å²) in [4.78, 5) is 42.5. The lowest BCUT2D eigenvalue weighted by atomic mass is 9.94. The van der Waals surface area contributed by atoms with Crippen molar-refractivity contribution in [3.63, 3.8) is 0 Å². The van der Waals surface area contributed by atoms with Gasteiger partial charge in [0.05, 0.1) is 19.2 Å². The van der Waals surface area contributed by atoms with Gasteiger partial charge in [-0.2, -0.15) is 0 Å². The van der Waals surface area contributed by atoms with Crippen LogP contribution in [0.2, 0.25) is 0 Å². The van der Waals surface area contributed by atoms with Crippen LogP contribution in [0.15, 0.2) is 48.5 Å². The number of hydrogen-bond acceptors (Lipinski definition) is 4. The van der Waals surface area contributed by atoms with E-state index in [0.717, 1.165) is 5.56 Å². The molecule has 0 saturated carbocycles. The van der Waals surface area contributed by atoms with Crippen molar-refractivity contribution in [3.8, 4) is 5.75 Å². The number of carbonyl (C=O) groups is 3. The van der Waals surface area contributed by atoms with Crippen molar-refractivity contribution in [1.29, 1.82) is 0 Å². The van der Waals surface area contributed by atoms with Crippen molar-refractivity contribution in [2.45, 2.75) is 52.1 Å². The summed E-state index contributed by atoms with van der Waals surface area (Å²) in [7, 11) is 1.54. The van der Waals surface area contributed by atoms with E-state index in [1.807, 2.05) is 39.8 Å². The molecular weight excluding hydrogens is 380 g/mol. The molecule has 0 N–H and O–H groups in total. The predicted octanol–water partition coefficient (Wildman–Crippen LogP) is 3.97. The van der Waals surface area contributed by atoms with Gasteiger partial charge in [-0.25, -0.2) is 4.90 Å². The van der Waals surface area contributed by atoms with E-state index in [2.05, 4.69) is 0 Å². The molecule has 3 rings (SSSR count). The zero-order valence-corrected chi connectivity index (χ0v) is 18.1. The Morgan fingerprint density at radius 2 is 1.83 bits per heavy atom. The van der Waals surface area contributed by atoms with Gasteiger partial charge >= 0.3 is 0 Å². The second-order valence-corrected chi connectivity index (χ2v) is 8.20. The first-order valence-electron chi connectivity index (χ1n) is 10.1. The number of nitrogens with zero attached hydrogens (tertiary/aromatic N) is 2. The number of anilines is 1. The third kappa shape index (κ3) is 3.95. The van der Waals surface area contributed by atoms with Gasteiger partial charge < -0.3 is 9.64 Å². The molecule has 1 fully saturated rings. The maximum absolute atomic E-state index is 13.5. The summed E-state index contributed by atoms with van der Waals surface area (Å²) in [5.74, 6) is -0.409. The van der Waals surface area contributed by atoms with Gasteiger partial charge in [0.25, 0.3) is 11.8 Å². The molecule has 1 unspecified atom stereocenters. The number of imide groups is 1. The third-order valence-corrected chi connectivity index (χ3v) is 5.78. The van der Waals surface area contributed by atoms with Gasteiger partial charge in [-0.15, -0.1) is 0 Å². The molecule has 1 aliphatic rings. The Kier molecular flexibility index (Phi) is 5.97. The summed E-state index contributed by atoms with van der Waals surface area (Å²) in [5.41, 5.74) is 1.37. The lowest BCUT2D eigenvalue weighted by Gasteiger charge is -2.41. The molecule has 0 aromatic heterocycles. The van der Waals surface area contributed by atoms with E-state index in [-0.39, 0.29) is 24.1 Å². The molecule has 0 radical (unpaired) electrons. The third-order valence-electron chi connectivity index (χ3n) is 5.78. The SMILES string of the molecule is CCC(C)(C)N(C(=O)c1cccc(OC)c1)C1CC(=O)N(c2ccc(C)cc2)C1=O. The Bertz CT molecular complexity index is 965. The number of methoxy groups -OCH3 is 1. The molecule has 6 nitrogen and oxygen atoms in total. The Morgan fingerprint density at radius 1 is 1.17 bits per heavy atom. The average Bonchev–Trinajstić information content (AvgIpc) is 3.02. The highest BCUT2D eigenvalue weighted by molar-refractivity contribution is 6.23. The number of benzene rings is 2. The molecule has 1 heterocycles. The molecule has 6 heteroatoms. The smallest absolute Gasteiger partial charge is 0.257 e. The van der Waals surface area contributed by atoms with Gasteiger partial charge in [-0.05, 0) is 57.5 Å². The van der Waals surface area contributed by atoms with Gasteiger partial charge in [0.2, 0.25) is 5.91 Å². The zero-order valence-electron chi connectivity index (χ0n) is 18.1. The van der Waals surface area contributed by atoms with Crippen LogP contribution in [0.3, 0.4) is 0 Å². The molecule has 0 spiro atoms. The Hall–Kier alpha value is -3.15. The van der Waals surface area contributed by atoms with E-state index in [0.29, 0.717) is 23.4 Å². The van der Waals surface area contributed by atoms with Gasteiger partial charge in [0, 0.05) is 11.1 Å². The van der Waals surface area contributed by atoms with Crippen LogP contribution in [0.25, 0.3) is 0 Å². The van der Waals surface area contributed by atoms with E-state index in [1.165, 1.54) is 12.0 Å². The minimum absolute atomic E-state index is 0.0359. The second kappa shape index (κ2) is 8.30. The summed E-state index contributed by atoms with van der Waals surface area (Å²) in [6.07, 6.45) is 0.594. The number of rotatable bonds is 6. The van der Waals surface area contributed by atoms with Crippen molar-refractivity contribution in [2.75, 3.05) is 12.0 Å². The Morgan fingerprint density at radius 3 is 2.43 bits per heavy atom. The lowest BCUT2D eigenvalue weighted by molar-refractivity contribution is -0.123. The van der Waals surface area contributed by atoms with Crippen LogP contribution in [-0.2, 0) is 9.59 Å². The van der Waals surface area contributed by atoms with Crippen LogP contribution in [0, 0.1) is 6.92 Å². The van der Waals surface area contributed by atoms with Crippen LogP contribution < -0.4 is 9.64 Å². The molecule has 1 atom stereocenters. The fraction of sp³-hybridized carbons (Fsp3) is 0.375. The van der Waals surface area contributed by atoms with Crippen LogP contribution >= 0.6 is 0 Å². The molecule has 2 aromatic rings. The number of amides is 3. The van der Waals surface area contributed by atoms with E-state index in [4.69, 9.17) is 4.74 Å². The van der Waals surface area contributed by atoms with Crippen LogP contribution in [0.5, 0.6) is 5.75 Å². The van der Waals surface area contributed by atoms with Crippen LogP contribution in [0.1, 0.15) is 49.5 Å². The summed E-state index contributed by atoms with van der Waals surface area (Å²) in [6, 6.07) is 13.2. The maximum atomic E-state index is 13.5. The topological polar surface area (TPSA) is 66.9 Å². The summed E-state index contributed by atoms with van der Waals surface area (Å²) < 4.78 is 5.24. The highest BCUT2D eigenvalue weighted by Crippen LogP contribution is 2.33. The van der Waals surface area contributed by atoms with Crippen LogP contribution in [-0.4, -0.2) is 41.3 Å². The first-order chi connectivity index (χ1) is 14.2. The fourth-order valence-corrected chi connectivity index (χ4v) is 3.69. The van der Waals surface area contributed by atoms with Gasteiger partial charge in [0.15, 0.2) is 0 Å². The number of aryl methyl sites for hydroxylation is 1. The Labute approximate surface area is 177 Å². The zero-order chi connectivity index (χ0) is 22.1. The minimum atomic E-state index is -0.854. The van der Waals surface area contributed by atoms with Crippen molar-refractivity contribution in [1.82, 2.24) is 4.90 Å². The predicted molar refractivity (Wildman–Crippen MR) is 116 cm³/mol. The summed E-state index contributed by atoms with van der Waals surface area (Å²) >= 11 is 0. The molecular formula is C24H28N2O4. The first kappa shape index (κ1) is 21.6. The lowest BCUT2D eigenvalue weighted by Crippen LogP contribution is -2.55. The van der Waals surface area contributed by atoms with E-state index >= 15 is 0 Å². The van der Waals surface area contributed by atoms with Crippen molar-refractivity contribution >= 4 is 23.4 Å². The largest absolute Gasteiger partial charge is 0.497 e. The monoisotopic (exact) mass is 408 g/mol. The standard InChI is InChI=1S/C24H28N2O4/c1-6-24(3,4)26(22(28)17-8-7-9-19(14-17)30-5)20-15-21(27)25(23(20)29)18-12-10-16(2)11-13-18/h7-14,20H,6,15H2,1-5H3. The van der Waals surface area contributed by atoms with Gasteiger partial charge in [-0.3, -0.25) is 14.4 Å². The molecule has 0 bridgehead atoms. The molecule has 2 aromatic carbocycles. The van der Waals surface area contributed by atoms with Gasteiger partial charge in [-0.1, -0.05) is 30.7 Å².